The van der Waals surface area contributed by atoms with Crippen LogP contribution >= 0.6 is 0 Å². The Morgan fingerprint density at radius 2 is 1.69 bits per heavy atom. The largest absolute Gasteiger partial charge is 0.359 e. The first kappa shape index (κ1) is 9.22. The first-order chi connectivity index (χ1) is 7.84. The van der Waals surface area contributed by atoms with Gasteiger partial charge < -0.3 is 4.98 Å². The van der Waals surface area contributed by atoms with Crippen molar-refractivity contribution in [3.8, 4) is 11.1 Å². The summed E-state index contributed by atoms with van der Waals surface area (Å²) in [7, 11) is 0. The minimum atomic E-state index is 1.21. The molecule has 1 aromatic heterocycles. The number of H-pyrrole nitrogens is 1. The molecule has 1 N–H and O–H groups in total. The third-order valence-electron chi connectivity index (χ3n) is 2.88. The number of hydrogen-bond donors (Lipinski definition) is 1. The summed E-state index contributed by atoms with van der Waals surface area (Å²) in [5.74, 6) is 0. The molecule has 1 heteroatoms. The number of fused-ring (bicyclic) bond motifs is 1. The number of hydrogen-bond acceptors (Lipinski definition) is 0. The Balaban J connectivity index is 2.31. The fourth-order valence-corrected chi connectivity index (χ4v) is 2.16. The van der Waals surface area contributed by atoms with Gasteiger partial charge in [0.1, 0.15) is 0 Å². The van der Waals surface area contributed by atoms with Gasteiger partial charge in [-0.2, -0.15) is 0 Å². The van der Waals surface area contributed by atoms with Gasteiger partial charge in [0.25, 0.3) is 0 Å². The molecule has 3 rings (SSSR count). The van der Waals surface area contributed by atoms with Crippen molar-refractivity contribution in [2.45, 2.75) is 6.92 Å². The van der Waals surface area contributed by atoms with Gasteiger partial charge in [0.15, 0.2) is 0 Å². The molecule has 1 nitrogen and oxygen atoms in total. The summed E-state index contributed by atoms with van der Waals surface area (Å²) in [6.07, 6.45) is 0. The molecule has 0 amide bonds. The Labute approximate surface area is 94.7 Å². The number of aromatic nitrogens is 1. The predicted octanol–water partition coefficient (Wildman–Crippen LogP) is 4.14. The highest BCUT2D eigenvalue weighted by atomic mass is 14.7. The highest BCUT2D eigenvalue weighted by molar-refractivity contribution is 5.95. The molecule has 16 heavy (non-hydrogen) atoms. The van der Waals surface area contributed by atoms with Crippen LogP contribution in [0.25, 0.3) is 22.0 Å². The molecule has 0 bridgehead atoms. The van der Waals surface area contributed by atoms with Gasteiger partial charge in [0, 0.05) is 16.6 Å². The normalized spacial score (nSPS) is 10.8. The van der Waals surface area contributed by atoms with Crippen LogP contribution in [-0.4, -0.2) is 4.98 Å². The lowest BCUT2D eigenvalue weighted by molar-refractivity contribution is 1.30. The van der Waals surface area contributed by atoms with Gasteiger partial charge in [0.2, 0.25) is 0 Å². The molecule has 0 spiro atoms. The van der Waals surface area contributed by atoms with Crippen LogP contribution in [0.1, 0.15) is 5.69 Å². The quantitative estimate of drug-likeness (QED) is 0.617. The van der Waals surface area contributed by atoms with Gasteiger partial charge in [-0.15, -0.1) is 0 Å². The second-order valence-corrected chi connectivity index (χ2v) is 4.09. The van der Waals surface area contributed by atoms with Gasteiger partial charge in [-0.1, -0.05) is 42.5 Å². The maximum Gasteiger partial charge on any atom is 0.0462 e. The topological polar surface area (TPSA) is 15.8 Å². The Kier molecular flexibility index (Phi) is 2.03. The average molecular weight is 207 g/mol. The predicted molar refractivity (Wildman–Crippen MR) is 68.5 cm³/mol. The Bertz CT molecular complexity index is 620. The van der Waals surface area contributed by atoms with E-state index >= 15 is 0 Å². The van der Waals surface area contributed by atoms with Crippen LogP contribution in [0.3, 0.4) is 0 Å². The monoisotopic (exact) mass is 207 g/mol. The highest BCUT2D eigenvalue weighted by Crippen LogP contribution is 2.28. The first-order valence-electron chi connectivity index (χ1n) is 5.48. The third-order valence-corrected chi connectivity index (χ3v) is 2.88. The molecular formula is C15H13N. The smallest absolute Gasteiger partial charge is 0.0462 e. The number of aromatic amines is 1. The zero-order chi connectivity index (χ0) is 11.0. The second kappa shape index (κ2) is 3.53. The van der Waals surface area contributed by atoms with Crippen LogP contribution in [0.5, 0.6) is 0 Å². The fourth-order valence-electron chi connectivity index (χ4n) is 2.16. The number of rotatable bonds is 1. The van der Waals surface area contributed by atoms with E-state index in [1.54, 1.807) is 0 Å². The SMILES string of the molecule is Cc1cc2c(-c3ccccc3)cccc2[nH]1. The van der Waals surface area contributed by atoms with E-state index in [9.17, 15) is 0 Å². The van der Waals surface area contributed by atoms with Crippen LogP contribution in [0.4, 0.5) is 0 Å². The lowest BCUT2D eigenvalue weighted by Gasteiger charge is -2.02. The summed E-state index contributed by atoms with van der Waals surface area (Å²) in [4.78, 5) is 3.37. The molecule has 0 unspecified atom stereocenters. The van der Waals surface area contributed by atoms with Gasteiger partial charge in [0.05, 0.1) is 0 Å². The lowest BCUT2D eigenvalue weighted by Crippen LogP contribution is -1.77. The number of nitrogens with one attached hydrogen (secondary N) is 1. The molecular weight excluding hydrogens is 194 g/mol. The van der Waals surface area contributed by atoms with Crippen molar-refractivity contribution < 1.29 is 0 Å². The van der Waals surface area contributed by atoms with E-state index in [0.717, 1.165) is 0 Å². The highest BCUT2D eigenvalue weighted by Gasteiger charge is 2.04. The molecule has 3 aromatic rings. The molecule has 0 aliphatic heterocycles. The maximum absolute atomic E-state index is 3.37. The minimum absolute atomic E-state index is 1.21. The maximum atomic E-state index is 3.37. The summed E-state index contributed by atoms with van der Waals surface area (Å²) in [6, 6.07) is 19.1. The first-order valence-corrected chi connectivity index (χ1v) is 5.48. The average Bonchev–Trinajstić information content (AvgIpc) is 2.70. The van der Waals surface area contributed by atoms with Crippen molar-refractivity contribution in [1.82, 2.24) is 4.98 Å². The molecule has 78 valence electrons. The Hall–Kier alpha value is -2.02. The fraction of sp³-hybridized carbons (Fsp3) is 0.0667. The number of aryl methyl sites for hydroxylation is 1. The second-order valence-electron chi connectivity index (χ2n) is 4.09. The zero-order valence-corrected chi connectivity index (χ0v) is 9.20. The van der Waals surface area contributed by atoms with Crippen molar-refractivity contribution in [1.29, 1.82) is 0 Å². The van der Waals surface area contributed by atoms with E-state index in [1.807, 2.05) is 6.07 Å². The summed E-state index contributed by atoms with van der Waals surface area (Å²) in [5.41, 5.74) is 4.98. The van der Waals surface area contributed by atoms with Gasteiger partial charge in [-0.25, -0.2) is 0 Å². The molecule has 0 saturated heterocycles. The van der Waals surface area contributed by atoms with Crippen LogP contribution < -0.4 is 0 Å². The van der Waals surface area contributed by atoms with Crippen LogP contribution in [-0.2, 0) is 0 Å². The van der Waals surface area contributed by atoms with Crippen molar-refractivity contribution >= 4 is 10.9 Å². The molecule has 1 heterocycles. The van der Waals surface area contributed by atoms with Crippen molar-refractivity contribution in [2.24, 2.45) is 0 Å². The summed E-state index contributed by atoms with van der Waals surface area (Å²) >= 11 is 0. The number of benzene rings is 2. The molecule has 0 atom stereocenters. The summed E-state index contributed by atoms with van der Waals surface area (Å²) < 4.78 is 0. The zero-order valence-electron chi connectivity index (χ0n) is 9.20. The van der Waals surface area contributed by atoms with E-state index in [2.05, 4.69) is 60.4 Å². The van der Waals surface area contributed by atoms with E-state index in [0.29, 0.717) is 0 Å². The van der Waals surface area contributed by atoms with Crippen LogP contribution in [0, 0.1) is 6.92 Å². The summed E-state index contributed by atoms with van der Waals surface area (Å²) in [5, 5.41) is 1.30. The molecule has 0 radical (unpaired) electrons. The molecule has 2 aromatic carbocycles. The standard InChI is InChI=1S/C15H13N/c1-11-10-14-13(8-5-9-15(14)16-11)12-6-3-2-4-7-12/h2-10,16H,1H3. The van der Waals surface area contributed by atoms with Crippen molar-refractivity contribution in [2.75, 3.05) is 0 Å². The van der Waals surface area contributed by atoms with Gasteiger partial charge in [-0.05, 0) is 30.2 Å². The summed E-state index contributed by atoms with van der Waals surface area (Å²) in [6.45, 7) is 2.09. The Morgan fingerprint density at radius 3 is 2.50 bits per heavy atom. The van der Waals surface area contributed by atoms with E-state index < -0.39 is 0 Å². The lowest BCUT2D eigenvalue weighted by atomic mass is 10.0. The molecule has 0 aliphatic carbocycles. The van der Waals surface area contributed by atoms with E-state index in [1.165, 1.54) is 27.7 Å². The van der Waals surface area contributed by atoms with Crippen LogP contribution in [0.2, 0.25) is 0 Å². The van der Waals surface area contributed by atoms with Gasteiger partial charge >= 0.3 is 0 Å². The van der Waals surface area contributed by atoms with Gasteiger partial charge in [-0.3, -0.25) is 0 Å². The van der Waals surface area contributed by atoms with E-state index in [4.69, 9.17) is 0 Å². The van der Waals surface area contributed by atoms with Crippen molar-refractivity contribution in [3.05, 3.63) is 60.3 Å². The third kappa shape index (κ3) is 1.41. The molecule has 0 saturated carbocycles. The van der Waals surface area contributed by atoms with Crippen molar-refractivity contribution in [3.63, 3.8) is 0 Å². The Morgan fingerprint density at radius 1 is 0.875 bits per heavy atom. The molecule has 0 aliphatic rings. The van der Waals surface area contributed by atoms with Crippen LogP contribution in [0.15, 0.2) is 54.6 Å². The van der Waals surface area contributed by atoms with E-state index in [-0.39, 0.29) is 0 Å². The molecule has 0 fully saturated rings. The minimum Gasteiger partial charge on any atom is -0.359 e.